The summed E-state index contributed by atoms with van der Waals surface area (Å²) in [5.41, 5.74) is 2.19. The maximum atomic E-state index is 10.9. The number of likely N-dealkylation sites (N-methyl/N-ethyl adjacent to an activating group) is 1. The summed E-state index contributed by atoms with van der Waals surface area (Å²) in [6.07, 6.45) is 0. The largest absolute Gasteiger partial charge is 0.464 e. The highest BCUT2D eigenvalue weighted by atomic mass is 32.1. The fourth-order valence-corrected chi connectivity index (χ4v) is 3.39. The average Bonchev–Trinajstić information content (AvgIpc) is 3.12. The molecule has 9 nitrogen and oxygen atoms in total. The molecule has 0 aliphatic rings. The second kappa shape index (κ2) is 9.20. The number of nitro benzene ring substituents is 1. The summed E-state index contributed by atoms with van der Waals surface area (Å²) >= 11 is 1.14. The summed E-state index contributed by atoms with van der Waals surface area (Å²) in [5.74, 6) is -0.290. The molecule has 29 heavy (non-hydrogen) atoms. The third-order valence-corrected chi connectivity index (χ3v) is 4.93. The third-order valence-electron chi connectivity index (χ3n) is 4.17. The van der Waals surface area contributed by atoms with Gasteiger partial charge >= 0.3 is 5.97 Å². The molecular formula is C19H19N5O4S. The number of azo groups is 1. The van der Waals surface area contributed by atoms with Crippen LogP contribution in [0.15, 0.2) is 52.7 Å². The van der Waals surface area contributed by atoms with Crippen LogP contribution >= 0.6 is 11.5 Å². The molecule has 10 heteroatoms. The monoisotopic (exact) mass is 413 g/mol. The number of rotatable bonds is 8. The molecule has 150 valence electrons. The topological polar surface area (TPSA) is 110 Å². The molecule has 1 heterocycles. The highest BCUT2D eigenvalue weighted by molar-refractivity contribution is 7.11. The molecule has 2 aromatic carbocycles. The van der Waals surface area contributed by atoms with Crippen molar-refractivity contribution in [1.82, 2.24) is 4.37 Å². The van der Waals surface area contributed by atoms with Crippen molar-refractivity contribution in [1.29, 1.82) is 0 Å². The zero-order valence-corrected chi connectivity index (χ0v) is 16.8. The van der Waals surface area contributed by atoms with Crippen molar-refractivity contribution >= 4 is 50.5 Å². The number of carbonyl (C=O) groups is 1. The van der Waals surface area contributed by atoms with Gasteiger partial charge in [-0.3, -0.25) is 14.9 Å². The van der Waals surface area contributed by atoms with E-state index in [1.54, 1.807) is 6.07 Å². The van der Waals surface area contributed by atoms with Crippen LogP contribution in [0.4, 0.5) is 22.1 Å². The van der Waals surface area contributed by atoms with Crippen molar-refractivity contribution in [3.63, 3.8) is 0 Å². The number of esters is 1. The van der Waals surface area contributed by atoms with E-state index >= 15 is 0 Å². The molecule has 3 aromatic rings. The molecule has 1 aromatic heterocycles. The Bertz CT molecular complexity index is 1050. The van der Waals surface area contributed by atoms with Crippen molar-refractivity contribution < 1.29 is 14.5 Å². The number of hydrogen-bond acceptors (Lipinski definition) is 9. The molecule has 0 spiro atoms. The Kier molecular flexibility index (Phi) is 6.45. The van der Waals surface area contributed by atoms with Gasteiger partial charge in [-0.15, -0.1) is 10.2 Å². The van der Waals surface area contributed by atoms with Gasteiger partial charge in [0.2, 0.25) is 0 Å². The van der Waals surface area contributed by atoms with Crippen LogP contribution in [-0.4, -0.2) is 35.0 Å². The average molecular weight is 413 g/mol. The number of anilines is 1. The zero-order valence-electron chi connectivity index (χ0n) is 15.9. The predicted octanol–water partition coefficient (Wildman–Crippen LogP) is 5.01. The maximum Gasteiger partial charge on any atom is 0.302 e. The second-order valence-electron chi connectivity index (χ2n) is 6.08. The van der Waals surface area contributed by atoms with Gasteiger partial charge in [0.25, 0.3) is 5.69 Å². The lowest BCUT2D eigenvalue weighted by molar-refractivity contribution is -0.384. The number of ether oxygens (including phenoxy) is 1. The Labute approximate surface area is 170 Å². The number of carbonyl (C=O) groups excluding carboxylic acids is 1. The minimum absolute atomic E-state index is 0.00365. The molecule has 0 fully saturated rings. The van der Waals surface area contributed by atoms with Crippen LogP contribution in [0.3, 0.4) is 0 Å². The van der Waals surface area contributed by atoms with Crippen molar-refractivity contribution in [3.8, 4) is 0 Å². The lowest BCUT2D eigenvalue weighted by Crippen LogP contribution is -2.27. The van der Waals surface area contributed by atoms with Crippen molar-refractivity contribution in [2.45, 2.75) is 13.8 Å². The number of nitro groups is 1. The van der Waals surface area contributed by atoms with Crippen LogP contribution in [0.5, 0.6) is 0 Å². The van der Waals surface area contributed by atoms with Gasteiger partial charge < -0.3 is 9.64 Å². The number of fused-ring (bicyclic) bond motifs is 1. The van der Waals surface area contributed by atoms with E-state index in [1.165, 1.54) is 19.1 Å². The highest BCUT2D eigenvalue weighted by Gasteiger charge is 2.11. The number of aromatic nitrogens is 1. The Hall–Kier alpha value is -3.40. The van der Waals surface area contributed by atoms with Crippen LogP contribution in [-0.2, 0) is 9.53 Å². The summed E-state index contributed by atoms with van der Waals surface area (Å²) in [6.45, 7) is 5.14. The first-order valence-corrected chi connectivity index (χ1v) is 9.69. The van der Waals surface area contributed by atoms with Gasteiger partial charge in [-0.1, -0.05) is 0 Å². The number of nitrogens with zero attached hydrogens (tertiary/aromatic N) is 5. The van der Waals surface area contributed by atoms with Gasteiger partial charge in [0.15, 0.2) is 5.00 Å². The normalized spacial score (nSPS) is 11.1. The van der Waals surface area contributed by atoms with E-state index in [2.05, 4.69) is 19.5 Å². The molecule has 0 bridgehead atoms. The Morgan fingerprint density at radius 3 is 2.66 bits per heavy atom. The van der Waals surface area contributed by atoms with Crippen molar-refractivity contribution in [3.05, 3.63) is 52.6 Å². The Balaban J connectivity index is 1.70. The van der Waals surface area contributed by atoms with E-state index in [0.29, 0.717) is 29.4 Å². The Morgan fingerprint density at radius 1 is 1.24 bits per heavy atom. The zero-order chi connectivity index (χ0) is 20.8. The molecule has 3 rings (SSSR count). The van der Waals surface area contributed by atoms with Crippen LogP contribution < -0.4 is 4.90 Å². The molecule has 0 atom stereocenters. The first kappa shape index (κ1) is 20.3. The number of benzene rings is 2. The number of non-ortho nitro benzene ring substituents is 1. The van der Waals surface area contributed by atoms with E-state index in [1.807, 2.05) is 31.2 Å². The highest BCUT2D eigenvalue weighted by Crippen LogP contribution is 2.33. The van der Waals surface area contributed by atoms with E-state index in [4.69, 9.17) is 4.74 Å². The minimum atomic E-state index is -0.451. The molecule has 0 N–H and O–H groups in total. The van der Waals surface area contributed by atoms with E-state index in [9.17, 15) is 14.9 Å². The fourth-order valence-electron chi connectivity index (χ4n) is 2.71. The molecule has 0 aliphatic carbocycles. The van der Waals surface area contributed by atoms with Gasteiger partial charge in [-0.05, 0) is 48.8 Å². The number of hydrogen-bond donors (Lipinski definition) is 0. The maximum absolute atomic E-state index is 10.9. The van der Waals surface area contributed by atoms with E-state index in [-0.39, 0.29) is 11.7 Å². The van der Waals surface area contributed by atoms with E-state index < -0.39 is 4.92 Å². The Morgan fingerprint density at radius 2 is 2.00 bits per heavy atom. The quantitative estimate of drug-likeness (QED) is 0.222. The molecule has 0 aliphatic heterocycles. The molecule has 0 unspecified atom stereocenters. The molecule has 0 radical (unpaired) electrons. The summed E-state index contributed by atoms with van der Waals surface area (Å²) in [6, 6.07) is 12.0. The van der Waals surface area contributed by atoms with Crippen molar-refractivity contribution in [2.75, 3.05) is 24.6 Å². The molecule has 0 amide bonds. The smallest absolute Gasteiger partial charge is 0.302 e. The third kappa shape index (κ3) is 5.11. The summed E-state index contributed by atoms with van der Waals surface area (Å²) in [7, 11) is 0. The van der Waals surface area contributed by atoms with Crippen LogP contribution in [0, 0.1) is 10.1 Å². The molecule has 0 saturated heterocycles. The standard InChI is InChI=1S/C19H19N5O4S/c1-3-23(10-11-28-13(2)25)15-6-4-14(5-7-15)20-21-19-17-9-8-16(24(26)27)12-18(17)22-29-19/h4-9,12H,3,10-11H2,1-2H3. The predicted molar refractivity (Wildman–Crippen MR) is 111 cm³/mol. The molecule has 0 saturated carbocycles. The lowest BCUT2D eigenvalue weighted by atomic mass is 10.2. The second-order valence-corrected chi connectivity index (χ2v) is 6.83. The van der Waals surface area contributed by atoms with Crippen molar-refractivity contribution in [2.24, 2.45) is 10.2 Å². The summed E-state index contributed by atoms with van der Waals surface area (Å²) in [4.78, 5) is 23.4. The minimum Gasteiger partial charge on any atom is -0.464 e. The lowest BCUT2D eigenvalue weighted by Gasteiger charge is -2.22. The van der Waals surface area contributed by atoms with Gasteiger partial charge in [-0.25, -0.2) is 0 Å². The van der Waals surface area contributed by atoms with Gasteiger partial charge in [0.1, 0.15) is 6.61 Å². The van der Waals surface area contributed by atoms with Gasteiger partial charge in [-0.2, -0.15) is 4.37 Å². The van der Waals surface area contributed by atoms with E-state index in [0.717, 1.165) is 29.2 Å². The first-order chi connectivity index (χ1) is 14.0. The molecular weight excluding hydrogens is 394 g/mol. The van der Waals surface area contributed by atoms with Crippen LogP contribution in [0.25, 0.3) is 10.9 Å². The summed E-state index contributed by atoms with van der Waals surface area (Å²) < 4.78 is 9.20. The van der Waals surface area contributed by atoms with Gasteiger partial charge in [0, 0.05) is 36.7 Å². The van der Waals surface area contributed by atoms with Crippen LogP contribution in [0.1, 0.15) is 13.8 Å². The first-order valence-electron chi connectivity index (χ1n) is 8.92. The van der Waals surface area contributed by atoms with Crippen LogP contribution in [0.2, 0.25) is 0 Å². The van der Waals surface area contributed by atoms with Gasteiger partial charge in [0.05, 0.1) is 22.7 Å². The fraction of sp³-hybridized carbons (Fsp3) is 0.263. The summed E-state index contributed by atoms with van der Waals surface area (Å²) in [5, 5.41) is 20.7. The SMILES string of the molecule is CCN(CCOC(C)=O)c1ccc(N=Nc2snc3cc([N+](=O)[O-])ccc23)cc1.